The molecule has 0 aromatic heterocycles. The molecule has 112 valence electrons. The minimum atomic E-state index is -0.498. The zero-order valence-corrected chi connectivity index (χ0v) is 13.3. The number of thioether (sulfide) groups is 1. The second-order valence-electron chi connectivity index (χ2n) is 5.20. The first-order valence-corrected chi connectivity index (χ1v) is 8.66. The van der Waals surface area contributed by atoms with Crippen LogP contribution in [0.25, 0.3) is 0 Å². The Bertz CT molecular complexity index is 419. The van der Waals surface area contributed by atoms with Crippen LogP contribution >= 0.6 is 23.4 Å². The minimum Gasteiger partial charge on any atom is -0.491 e. The number of ether oxygens (including phenoxy) is 1. The van der Waals surface area contributed by atoms with Crippen molar-refractivity contribution in [1.82, 2.24) is 5.32 Å². The van der Waals surface area contributed by atoms with Crippen molar-refractivity contribution in [2.45, 2.75) is 36.7 Å². The van der Waals surface area contributed by atoms with Gasteiger partial charge in [0.1, 0.15) is 18.5 Å². The molecule has 3 atom stereocenters. The largest absolute Gasteiger partial charge is 0.491 e. The summed E-state index contributed by atoms with van der Waals surface area (Å²) in [5.74, 6) is 0.694. The summed E-state index contributed by atoms with van der Waals surface area (Å²) in [5, 5.41) is 14.8. The molecule has 1 aliphatic carbocycles. The van der Waals surface area contributed by atoms with Gasteiger partial charge >= 0.3 is 0 Å². The molecule has 3 unspecified atom stereocenters. The highest BCUT2D eigenvalue weighted by Gasteiger charge is 2.23. The highest BCUT2D eigenvalue weighted by atomic mass is 35.5. The van der Waals surface area contributed by atoms with E-state index in [0.29, 0.717) is 23.4 Å². The van der Waals surface area contributed by atoms with Crippen molar-refractivity contribution < 1.29 is 9.84 Å². The highest BCUT2D eigenvalue weighted by molar-refractivity contribution is 7.99. The van der Waals surface area contributed by atoms with Crippen LogP contribution in [-0.2, 0) is 0 Å². The zero-order chi connectivity index (χ0) is 14.4. The van der Waals surface area contributed by atoms with Crippen molar-refractivity contribution in [3.8, 4) is 5.75 Å². The normalized spacial score (nSPS) is 23.8. The van der Waals surface area contributed by atoms with Crippen LogP contribution in [0, 0.1) is 0 Å². The van der Waals surface area contributed by atoms with Gasteiger partial charge in [-0.3, -0.25) is 0 Å². The number of aliphatic hydroxyl groups is 1. The van der Waals surface area contributed by atoms with Crippen molar-refractivity contribution in [2.24, 2.45) is 0 Å². The van der Waals surface area contributed by atoms with E-state index in [0.717, 1.165) is 5.25 Å². The molecule has 0 saturated heterocycles. The van der Waals surface area contributed by atoms with E-state index in [4.69, 9.17) is 16.3 Å². The first kappa shape index (κ1) is 16.0. The lowest BCUT2D eigenvalue weighted by atomic mass is 10.2. The van der Waals surface area contributed by atoms with E-state index >= 15 is 0 Å². The van der Waals surface area contributed by atoms with E-state index in [2.05, 4.69) is 11.6 Å². The molecule has 0 heterocycles. The third kappa shape index (κ3) is 5.17. The Morgan fingerprint density at radius 2 is 2.35 bits per heavy atom. The molecular formula is C15H22ClNO2S. The average Bonchev–Trinajstić information content (AvgIpc) is 2.91. The Labute approximate surface area is 130 Å². The average molecular weight is 316 g/mol. The van der Waals surface area contributed by atoms with Crippen LogP contribution < -0.4 is 10.1 Å². The fraction of sp³-hybridized carbons (Fsp3) is 0.600. The third-order valence-corrected chi connectivity index (χ3v) is 4.93. The lowest BCUT2D eigenvalue weighted by molar-refractivity contribution is 0.104. The lowest BCUT2D eigenvalue weighted by Gasteiger charge is -2.17. The van der Waals surface area contributed by atoms with E-state index in [1.54, 1.807) is 12.1 Å². The molecule has 2 rings (SSSR count). The fourth-order valence-corrected chi connectivity index (χ4v) is 3.43. The summed E-state index contributed by atoms with van der Waals surface area (Å²) in [6.07, 6.45) is 5.34. The van der Waals surface area contributed by atoms with Crippen LogP contribution in [0.1, 0.15) is 19.3 Å². The molecular weight excluding hydrogens is 294 g/mol. The van der Waals surface area contributed by atoms with Crippen LogP contribution in [0.4, 0.5) is 0 Å². The Morgan fingerprint density at radius 3 is 3.05 bits per heavy atom. The maximum Gasteiger partial charge on any atom is 0.120 e. The number of benzene rings is 1. The van der Waals surface area contributed by atoms with Gasteiger partial charge in [-0.15, -0.1) is 0 Å². The molecule has 2 N–H and O–H groups in total. The van der Waals surface area contributed by atoms with Gasteiger partial charge in [0.05, 0.1) is 0 Å². The molecule has 20 heavy (non-hydrogen) atoms. The van der Waals surface area contributed by atoms with Gasteiger partial charge < -0.3 is 15.2 Å². The molecule has 1 aliphatic rings. The summed E-state index contributed by atoms with van der Waals surface area (Å²) in [6.45, 7) is 0.859. The highest BCUT2D eigenvalue weighted by Crippen LogP contribution is 2.28. The number of nitrogens with one attached hydrogen (secondary N) is 1. The van der Waals surface area contributed by atoms with Gasteiger partial charge in [-0.1, -0.05) is 17.7 Å². The van der Waals surface area contributed by atoms with E-state index in [9.17, 15) is 5.11 Å². The van der Waals surface area contributed by atoms with Crippen LogP contribution in [0.5, 0.6) is 5.75 Å². The molecule has 1 aromatic rings. The van der Waals surface area contributed by atoms with E-state index in [1.165, 1.54) is 19.3 Å². The monoisotopic (exact) mass is 315 g/mol. The third-order valence-electron chi connectivity index (χ3n) is 3.60. The summed E-state index contributed by atoms with van der Waals surface area (Å²) < 4.78 is 5.53. The molecule has 3 nitrogen and oxygen atoms in total. The van der Waals surface area contributed by atoms with Gasteiger partial charge in [-0.25, -0.2) is 0 Å². The molecule has 0 amide bonds. The van der Waals surface area contributed by atoms with Gasteiger partial charge in [0.25, 0.3) is 0 Å². The predicted molar refractivity (Wildman–Crippen MR) is 85.9 cm³/mol. The number of hydrogen-bond acceptors (Lipinski definition) is 4. The molecule has 1 fully saturated rings. The number of aliphatic hydroxyl groups excluding tert-OH is 1. The molecule has 0 spiro atoms. The molecule has 0 aliphatic heterocycles. The van der Waals surface area contributed by atoms with Gasteiger partial charge in [-0.05, 0) is 43.7 Å². The second kappa shape index (κ2) is 8.13. The van der Waals surface area contributed by atoms with Crippen molar-refractivity contribution in [1.29, 1.82) is 0 Å². The van der Waals surface area contributed by atoms with Gasteiger partial charge in [0.15, 0.2) is 0 Å². The van der Waals surface area contributed by atoms with E-state index < -0.39 is 6.10 Å². The van der Waals surface area contributed by atoms with Crippen molar-refractivity contribution >= 4 is 23.4 Å². The molecule has 1 aromatic carbocycles. The van der Waals surface area contributed by atoms with Crippen LogP contribution in [0.15, 0.2) is 24.3 Å². The van der Waals surface area contributed by atoms with Crippen molar-refractivity contribution in [3.05, 3.63) is 29.3 Å². The number of hydrogen-bond donors (Lipinski definition) is 2. The van der Waals surface area contributed by atoms with E-state index in [-0.39, 0.29) is 6.61 Å². The molecule has 0 bridgehead atoms. The SMILES string of the molecule is CSC1CCC(NCC(O)COc2cccc(Cl)c2)C1. The first-order chi connectivity index (χ1) is 9.67. The van der Waals surface area contributed by atoms with Gasteiger partial charge in [0.2, 0.25) is 0 Å². The van der Waals surface area contributed by atoms with Crippen LogP contribution in [0.3, 0.4) is 0 Å². The maximum atomic E-state index is 9.94. The quantitative estimate of drug-likeness (QED) is 0.812. The molecule has 5 heteroatoms. The second-order valence-corrected chi connectivity index (χ2v) is 6.77. The summed E-state index contributed by atoms with van der Waals surface area (Å²) in [7, 11) is 0. The lowest BCUT2D eigenvalue weighted by Crippen LogP contribution is -2.37. The van der Waals surface area contributed by atoms with Crippen molar-refractivity contribution in [3.63, 3.8) is 0 Å². The van der Waals surface area contributed by atoms with E-state index in [1.807, 2.05) is 23.9 Å². The number of halogens is 1. The smallest absolute Gasteiger partial charge is 0.120 e. The fourth-order valence-electron chi connectivity index (χ4n) is 2.45. The van der Waals surface area contributed by atoms with Gasteiger partial charge in [-0.2, -0.15) is 11.8 Å². The predicted octanol–water partition coefficient (Wildman–Crippen LogP) is 2.95. The Hall–Kier alpha value is -0.420. The summed E-state index contributed by atoms with van der Waals surface area (Å²) in [5.41, 5.74) is 0. The maximum absolute atomic E-state index is 9.94. The topological polar surface area (TPSA) is 41.5 Å². The number of rotatable bonds is 7. The van der Waals surface area contributed by atoms with Gasteiger partial charge in [0, 0.05) is 22.9 Å². The minimum absolute atomic E-state index is 0.284. The molecule has 0 radical (unpaired) electrons. The van der Waals surface area contributed by atoms with Crippen LogP contribution in [0.2, 0.25) is 5.02 Å². The summed E-state index contributed by atoms with van der Waals surface area (Å²) >= 11 is 7.82. The zero-order valence-electron chi connectivity index (χ0n) is 11.7. The Morgan fingerprint density at radius 1 is 1.50 bits per heavy atom. The molecule has 1 saturated carbocycles. The van der Waals surface area contributed by atoms with Crippen LogP contribution in [-0.4, -0.2) is 41.9 Å². The Balaban J connectivity index is 1.64. The first-order valence-electron chi connectivity index (χ1n) is 7.00. The standard InChI is InChI=1S/C15H22ClNO2S/c1-20-15-6-5-12(8-15)17-9-13(18)10-19-14-4-2-3-11(16)7-14/h2-4,7,12-13,15,17-18H,5-6,8-10H2,1H3. The van der Waals surface area contributed by atoms with Crippen molar-refractivity contribution in [2.75, 3.05) is 19.4 Å². The summed E-state index contributed by atoms with van der Waals surface area (Å²) in [4.78, 5) is 0. The Kier molecular flexibility index (Phi) is 6.49. The summed E-state index contributed by atoms with van der Waals surface area (Å²) in [6, 6.07) is 7.76.